The van der Waals surface area contributed by atoms with Gasteiger partial charge in [-0.25, -0.2) is 13.2 Å². The van der Waals surface area contributed by atoms with E-state index in [4.69, 9.17) is 18.8 Å². The molecule has 0 unspecified atom stereocenters. The number of carbonyl (C=O) groups excluding carboxylic acids is 1. The zero-order valence-electron chi connectivity index (χ0n) is 23.5. The molecule has 1 aliphatic heterocycles. The molecule has 1 amide bonds. The maximum Gasteiger partial charge on any atom is 0.495 e. The minimum atomic E-state index is -4.68. The van der Waals surface area contributed by atoms with Crippen LogP contribution in [0.25, 0.3) is 0 Å². The first-order valence-electron chi connectivity index (χ1n) is 12.4. The highest BCUT2D eigenvalue weighted by Crippen LogP contribution is 2.37. The van der Waals surface area contributed by atoms with E-state index in [1.807, 2.05) is 27.7 Å². The van der Waals surface area contributed by atoms with Gasteiger partial charge in [0, 0.05) is 12.6 Å². The summed E-state index contributed by atoms with van der Waals surface area (Å²) in [6, 6.07) is 10.1. The molecule has 0 atom stereocenters. The van der Waals surface area contributed by atoms with Crippen LogP contribution >= 0.6 is 0 Å². The Morgan fingerprint density at radius 3 is 2.21 bits per heavy atom. The SMILES string of the molecule is COc1ccc(B2OC(C)(C)C(C)(C)O2)c(CCN(C(=O)OC(C)(C)C)S(=O)(=O)c2ccccc2[N+](=O)[O-])c1. The van der Waals surface area contributed by atoms with Gasteiger partial charge in [-0.1, -0.05) is 18.2 Å². The van der Waals surface area contributed by atoms with Gasteiger partial charge in [-0.05, 0) is 84.1 Å². The molecular weight excluding hydrogens is 527 g/mol. The van der Waals surface area contributed by atoms with Crippen LogP contribution in [-0.2, 0) is 30.5 Å². The van der Waals surface area contributed by atoms with Crippen LogP contribution in [0.5, 0.6) is 5.75 Å². The van der Waals surface area contributed by atoms with E-state index in [-0.39, 0.29) is 13.0 Å². The molecule has 3 rings (SSSR count). The van der Waals surface area contributed by atoms with Crippen molar-refractivity contribution >= 4 is 34.4 Å². The normalized spacial score (nSPS) is 16.6. The van der Waals surface area contributed by atoms with Crippen molar-refractivity contribution in [3.05, 3.63) is 58.1 Å². The maximum atomic E-state index is 13.7. The molecule has 39 heavy (non-hydrogen) atoms. The first-order valence-corrected chi connectivity index (χ1v) is 13.9. The lowest BCUT2D eigenvalue weighted by molar-refractivity contribution is -0.387. The molecule has 1 aliphatic rings. The van der Waals surface area contributed by atoms with Gasteiger partial charge in [0.25, 0.3) is 15.7 Å². The van der Waals surface area contributed by atoms with Crippen molar-refractivity contribution in [2.75, 3.05) is 13.7 Å². The van der Waals surface area contributed by atoms with Crippen molar-refractivity contribution in [3.63, 3.8) is 0 Å². The number of para-hydroxylation sites is 1. The van der Waals surface area contributed by atoms with Crippen LogP contribution < -0.4 is 10.2 Å². The van der Waals surface area contributed by atoms with Crippen LogP contribution in [0.2, 0.25) is 0 Å². The fourth-order valence-electron chi connectivity index (χ4n) is 3.91. The number of ether oxygens (including phenoxy) is 2. The molecule has 0 spiro atoms. The van der Waals surface area contributed by atoms with Crippen molar-refractivity contribution in [3.8, 4) is 5.75 Å². The topological polar surface area (TPSA) is 135 Å². The first kappa shape index (κ1) is 30.4. The third kappa shape index (κ3) is 6.53. The van der Waals surface area contributed by atoms with Crippen molar-refractivity contribution in [2.45, 2.75) is 76.6 Å². The highest BCUT2D eigenvalue weighted by Gasteiger charge is 2.52. The van der Waals surface area contributed by atoms with Crippen molar-refractivity contribution < 1.29 is 36.9 Å². The molecule has 0 aliphatic carbocycles. The molecule has 2 aromatic carbocycles. The summed E-state index contributed by atoms with van der Waals surface area (Å²) in [7, 11) is -3.93. The van der Waals surface area contributed by atoms with E-state index in [0.717, 1.165) is 12.1 Å². The standard InChI is InChI=1S/C26H35BN2O9S/c1-24(2,3)36-23(30)28(39(33,34)22-12-10-9-11-21(22)29(31)32)16-15-18-17-19(35-8)13-14-20(18)27-37-25(4,5)26(6,7)38-27/h9-14,17H,15-16H2,1-8H3. The maximum absolute atomic E-state index is 13.7. The molecule has 1 heterocycles. The Labute approximate surface area is 229 Å². The van der Waals surface area contributed by atoms with Crippen molar-refractivity contribution in [1.29, 1.82) is 0 Å². The molecule has 0 N–H and O–H groups in total. The van der Waals surface area contributed by atoms with E-state index in [9.17, 15) is 23.3 Å². The molecule has 1 saturated heterocycles. The predicted molar refractivity (Wildman–Crippen MR) is 146 cm³/mol. The van der Waals surface area contributed by atoms with Gasteiger partial charge in [-0.2, -0.15) is 4.31 Å². The van der Waals surface area contributed by atoms with Crippen LogP contribution in [0.4, 0.5) is 10.5 Å². The Kier molecular flexibility index (Phi) is 8.40. The minimum Gasteiger partial charge on any atom is -0.497 e. The molecule has 0 radical (unpaired) electrons. The summed E-state index contributed by atoms with van der Waals surface area (Å²) in [6.45, 7) is 12.1. The monoisotopic (exact) mass is 562 g/mol. The second kappa shape index (κ2) is 10.8. The Balaban J connectivity index is 2.04. The lowest BCUT2D eigenvalue weighted by atomic mass is 9.75. The molecule has 13 heteroatoms. The molecule has 11 nitrogen and oxygen atoms in total. The van der Waals surface area contributed by atoms with E-state index in [1.165, 1.54) is 19.2 Å². The van der Waals surface area contributed by atoms with Crippen molar-refractivity contribution in [1.82, 2.24) is 4.31 Å². The molecule has 0 bridgehead atoms. The van der Waals surface area contributed by atoms with Gasteiger partial charge in [0.05, 0.1) is 23.2 Å². The predicted octanol–water partition coefficient (Wildman–Crippen LogP) is 4.07. The highest BCUT2D eigenvalue weighted by molar-refractivity contribution is 7.89. The lowest BCUT2D eigenvalue weighted by Gasteiger charge is -2.32. The van der Waals surface area contributed by atoms with E-state index < -0.39 is 55.5 Å². The average Bonchev–Trinajstić information content (AvgIpc) is 3.04. The van der Waals surface area contributed by atoms with Crippen LogP contribution in [0.15, 0.2) is 47.4 Å². The summed E-state index contributed by atoms with van der Waals surface area (Å²) < 4.78 is 51.1. The number of nitrogens with zero attached hydrogens (tertiary/aromatic N) is 2. The lowest BCUT2D eigenvalue weighted by Crippen LogP contribution is -2.43. The second-order valence-electron chi connectivity index (χ2n) is 11.2. The van der Waals surface area contributed by atoms with Crippen molar-refractivity contribution in [2.24, 2.45) is 0 Å². The van der Waals surface area contributed by atoms with Crippen LogP contribution in [0, 0.1) is 10.1 Å². The smallest absolute Gasteiger partial charge is 0.495 e. The Hall–Kier alpha value is -3.16. The quantitative estimate of drug-likeness (QED) is 0.265. The number of hydrogen-bond donors (Lipinski definition) is 0. The van der Waals surface area contributed by atoms with Gasteiger partial charge < -0.3 is 18.8 Å². The second-order valence-corrected chi connectivity index (χ2v) is 13.0. The summed E-state index contributed by atoms with van der Waals surface area (Å²) in [6.07, 6.45) is -1.13. The number of sulfonamides is 1. The Morgan fingerprint density at radius 2 is 1.67 bits per heavy atom. The fraction of sp³-hybridized carbons (Fsp3) is 0.500. The van der Waals surface area contributed by atoms with Crippen LogP contribution in [-0.4, -0.2) is 61.3 Å². The molecule has 2 aromatic rings. The van der Waals surface area contributed by atoms with Gasteiger partial charge in [0.1, 0.15) is 11.4 Å². The number of methoxy groups -OCH3 is 1. The summed E-state index contributed by atoms with van der Waals surface area (Å²) in [4.78, 5) is 23.4. The van der Waals surface area contributed by atoms with E-state index in [1.54, 1.807) is 39.0 Å². The largest absolute Gasteiger partial charge is 0.497 e. The van der Waals surface area contributed by atoms with E-state index >= 15 is 0 Å². The number of benzene rings is 2. The fourth-order valence-corrected chi connectivity index (χ4v) is 5.37. The Morgan fingerprint density at radius 1 is 1.08 bits per heavy atom. The third-order valence-electron chi connectivity index (χ3n) is 6.67. The van der Waals surface area contributed by atoms with Gasteiger partial charge in [-0.3, -0.25) is 10.1 Å². The summed E-state index contributed by atoms with van der Waals surface area (Å²) in [5.41, 5.74) is -1.65. The summed E-state index contributed by atoms with van der Waals surface area (Å²) in [5.74, 6) is 0.510. The van der Waals surface area contributed by atoms with Gasteiger partial charge >= 0.3 is 13.2 Å². The zero-order valence-corrected chi connectivity index (χ0v) is 24.3. The van der Waals surface area contributed by atoms with Gasteiger partial charge in [0.2, 0.25) is 0 Å². The minimum absolute atomic E-state index is 0.0235. The number of amides is 1. The van der Waals surface area contributed by atoms with Gasteiger partial charge in [-0.15, -0.1) is 0 Å². The number of nitro groups is 1. The van der Waals surface area contributed by atoms with Gasteiger partial charge in [0.15, 0.2) is 4.90 Å². The molecule has 0 aromatic heterocycles. The molecular formula is C26H35BN2O9S. The average molecular weight is 562 g/mol. The number of hydrogen-bond acceptors (Lipinski definition) is 9. The number of rotatable bonds is 8. The van der Waals surface area contributed by atoms with E-state index in [0.29, 0.717) is 21.1 Å². The number of nitro benzene ring substituents is 1. The Bertz CT molecular complexity index is 1340. The number of carbonyl (C=O) groups is 1. The highest BCUT2D eigenvalue weighted by atomic mass is 32.2. The molecule has 1 fully saturated rings. The van der Waals surface area contributed by atoms with E-state index in [2.05, 4.69) is 0 Å². The molecule has 0 saturated carbocycles. The third-order valence-corrected chi connectivity index (χ3v) is 8.48. The molecule has 212 valence electrons. The summed E-state index contributed by atoms with van der Waals surface area (Å²) in [5, 5.41) is 11.6. The van der Waals surface area contributed by atoms with Crippen LogP contribution in [0.1, 0.15) is 54.0 Å². The first-order chi connectivity index (χ1) is 17.9. The van der Waals surface area contributed by atoms with Crippen LogP contribution in [0.3, 0.4) is 0 Å². The summed E-state index contributed by atoms with van der Waals surface area (Å²) >= 11 is 0. The zero-order chi connectivity index (χ0) is 29.4.